The molecule has 1 saturated heterocycles. The molecule has 0 amide bonds. The molecule has 0 spiro atoms. The predicted octanol–water partition coefficient (Wildman–Crippen LogP) is 0.980. The number of carboxylic acid groups (broad SMARTS) is 1. The molecular weight excluding hydrogens is 236 g/mol. The Balaban J connectivity index is 2.30. The molecule has 1 aromatic rings. The van der Waals surface area contributed by atoms with E-state index in [1.165, 1.54) is 0 Å². The topological polar surface area (TPSA) is 90.1 Å². The third kappa shape index (κ3) is 2.10. The molecule has 2 rings (SSSR count). The summed E-state index contributed by atoms with van der Waals surface area (Å²) in [5.41, 5.74) is -0.504. The van der Waals surface area contributed by atoms with Crippen LogP contribution in [0.5, 0.6) is 0 Å². The minimum atomic E-state index is -0.860. The maximum absolute atomic E-state index is 11.0. The van der Waals surface area contributed by atoms with Gasteiger partial charge >= 0.3 is 5.97 Å². The van der Waals surface area contributed by atoms with Crippen molar-refractivity contribution in [1.29, 1.82) is 0 Å². The highest BCUT2D eigenvalue weighted by molar-refractivity contribution is 5.70. The molecule has 2 heterocycles. The molecule has 7 heteroatoms. The third-order valence-corrected chi connectivity index (χ3v) is 3.68. The van der Waals surface area contributed by atoms with Crippen molar-refractivity contribution in [2.75, 3.05) is 6.61 Å². The fraction of sp³-hybridized carbons (Fsp3) is 0.818. The molecule has 3 unspecified atom stereocenters. The van der Waals surface area contributed by atoms with Crippen molar-refractivity contribution in [2.24, 2.45) is 5.92 Å². The summed E-state index contributed by atoms with van der Waals surface area (Å²) in [6.45, 7) is 6.08. The van der Waals surface area contributed by atoms with Crippen LogP contribution in [-0.4, -0.2) is 37.9 Å². The van der Waals surface area contributed by atoms with E-state index >= 15 is 0 Å². The molecule has 0 aliphatic carbocycles. The van der Waals surface area contributed by atoms with Crippen LogP contribution in [0.15, 0.2) is 0 Å². The SMILES string of the molecule is CC(C(=O)O)C(C)n1nnnc1C1(C)CCCO1. The number of rotatable bonds is 4. The number of hydrogen-bond donors (Lipinski definition) is 1. The van der Waals surface area contributed by atoms with Crippen LogP contribution in [0, 0.1) is 5.92 Å². The van der Waals surface area contributed by atoms with E-state index in [9.17, 15) is 4.79 Å². The molecule has 18 heavy (non-hydrogen) atoms. The van der Waals surface area contributed by atoms with E-state index in [1.807, 2.05) is 6.92 Å². The molecule has 7 nitrogen and oxygen atoms in total. The Labute approximate surface area is 105 Å². The lowest BCUT2D eigenvalue weighted by Gasteiger charge is -2.25. The Morgan fingerprint density at radius 2 is 2.28 bits per heavy atom. The monoisotopic (exact) mass is 254 g/mol. The fourth-order valence-electron chi connectivity index (χ4n) is 2.19. The van der Waals surface area contributed by atoms with Crippen LogP contribution in [0.25, 0.3) is 0 Å². The van der Waals surface area contributed by atoms with Gasteiger partial charge in [0.05, 0.1) is 12.0 Å². The van der Waals surface area contributed by atoms with Gasteiger partial charge in [-0.3, -0.25) is 4.79 Å². The second kappa shape index (κ2) is 4.64. The van der Waals surface area contributed by atoms with E-state index in [4.69, 9.17) is 9.84 Å². The molecule has 1 aliphatic heterocycles. The van der Waals surface area contributed by atoms with Gasteiger partial charge in [-0.25, -0.2) is 4.68 Å². The zero-order valence-corrected chi connectivity index (χ0v) is 10.8. The minimum Gasteiger partial charge on any atom is -0.481 e. The van der Waals surface area contributed by atoms with Gasteiger partial charge in [0, 0.05) is 6.61 Å². The highest BCUT2D eigenvalue weighted by atomic mass is 16.5. The Morgan fingerprint density at radius 1 is 1.56 bits per heavy atom. The lowest BCUT2D eigenvalue weighted by molar-refractivity contribution is -0.142. The average molecular weight is 254 g/mol. The Bertz CT molecular complexity index is 439. The zero-order valence-electron chi connectivity index (χ0n) is 10.8. The number of nitrogens with zero attached hydrogens (tertiary/aromatic N) is 4. The van der Waals surface area contributed by atoms with E-state index in [1.54, 1.807) is 18.5 Å². The molecule has 1 N–H and O–H groups in total. The highest BCUT2D eigenvalue weighted by Crippen LogP contribution is 2.35. The number of ether oxygens (including phenoxy) is 1. The van der Waals surface area contributed by atoms with Crippen molar-refractivity contribution in [3.63, 3.8) is 0 Å². The van der Waals surface area contributed by atoms with Gasteiger partial charge in [0.2, 0.25) is 0 Å². The molecule has 0 radical (unpaired) electrons. The number of hydrogen-bond acceptors (Lipinski definition) is 5. The molecule has 0 aromatic carbocycles. The molecule has 100 valence electrons. The van der Waals surface area contributed by atoms with Crippen LogP contribution in [0.3, 0.4) is 0 Å². The molecule has 0 bridgehead atoms. The van der Waals surface area contributed by atoms with E-state index in [0.717, 1.165) is 12.8 Å². The third-order valence-electron chi connectivity index (χ3n) is 3.68. The maximum atomic E-state index is 11.0. The lowest BCUT2D eigenvalue weighted by Crippen LogP contribution is -2.30. The Morgan fingerprint density at radius 3 is 2.83 bits per heavy atom. The van der Waals surface area contributed by atoms with Crippen LogP contribution >= 0.6 is 0 Å². The normalized spacial score (nSPS) is 27.1. The molecule has 1 aliphatic rings. The van der Waals surface area contributed by atoms with E-state index in [-0.39, 0.29) is 6.04 Å². The minimum absolute atomic E-state index is 0.312. The van der Waals surface area contributed by atoms with Gasteiger partial charge in [0.15, 0.2) is 5.82 Å². The Hall–Kier alpha value is -1.50. The summed E-state index contributed by atoms with van der Waals surface area (Å²) in [6.07, 6.45) is 1.81. The fourth-order valence-corrected chi connectivity index (χ4v) is 2.19. The van der Waals surface area contributed by atoms with Gasteiger partial charge in [-0.1, -0.05) is 0 Å². The summed E-state index contributed by atoms with van der Waals surface area (Å²) in [5, 5.41) is 20.7. The number of carbonyl (C=O) groups is 1. The number of carboxylic acids is 1. The first-order valence-electron chi connectivity index (χ1n) is 6.11. The molecular formula is C11H18N4O3. The summed E-state index contributed by atoms with van der Waals surface area (Å²) < 4.78 is 7.28. The van der Waals surface area contributed by atoms with Gasteiger partial charge in [-0.15, -0.1) is 5.10 Å². The van der Waals surface area contributed by atoms with Crippen molar-refractivity contribution < 1.29 is 14.6 Å². The van der Waals surface area contributed by atoms with E-state index < -0.39 is 17.5 Å². The molecule has 0 saturated carbocycles. The van der Waals surface area contributed by atoms with Gasteiger partial charge < -0.3 is 9.84 Å². The first kappa shape index (κ1) is 12.9. The second-order valence-corrected chi connectivity index (χ2v) is 5.00. The van der Waals surface area contributed by atoms with Crippen LogP contribution < -0.4 is 0 Å². The predicted molar refractivity (Wildman–Crippen MR) is 61.9 cm³/mol. The van der Waals surface area contributed by atoms with Gasteiger partial charge in [-0.2, -0.15) is 0 Å². The summed E-state index contributed by atoms with van der Waals surface area (Å²) in [7, 11) is 0. The van der Waals surface area contributed by atoms with Gasteiger partial charge in [0.1, 0.15) is 5.60 Å². The Kier molecular flexibility index (Phi) is 3.34. The molecule has 3 atom stereocenters. The standard InChI is InChI=1S/C11H18N4O3/c1-7(9(16)17)8(2)15-10(12-13-14-15)11(3)5-4-6-18-11/h7-8H,4-6H2,1-3H3,(H,16,17). The van der Waals surface area contributed by atoms with E-state index in [2.05, 4.69) is 15.5 Å². The summed E-state index contributed by atoms with van der Waals surface area (Å²) in [6, 6.07) is -0.312. The smallest absolute Gasteiger partial charge is 0.308 e. The van der Waals surface area contributed by atoms with Crippen molar-refractivity contribution in [3.05, 3.63) is 5.82 Å². The first-order valence-corrected chi connectivity index (χ1v) is 6.11. The number of aliphatic carboxylic acids is 1. The zero-order chi connectivity index (χ0) is 13.3. The lowest BCUT2D eigenvalue weighted by atomic mass is 9.99. The summed E-state index contributed by atoms with van der Waals surface area (Å²) >= 11 is 0. The van der Waals surface area contributed by atoms with Crippen LogP contribution in [-0.2, 0) is 15.1 Å². The largest absolute Gasteiger partial charge is 0.481 e. The summed E-state index contributed by atoms with van der Waals surface area (Å²) in [5.74, 6) is -0.806. The first-order chi connectivity index (χ1) is 8.46. The average Bonchev–Trinajstić information content (AvgIpc) is 2.95. The van der Waals surface area contributed by atoms with Gasteiger partial charge in [0.25, 0.3) is 0 Å². The van der Waals surface area contributed by atoms with Crippen molar-refractivity contribution in [2.45, 2.75) is 45.3 Å². The van der Waals surface area contributed by atoms with Crippen LogP contribution in [0.1, 0.15) is 45.5 Å². The van der Waals surface area contributed by atoms with Crippen molar-refractivity contribution in [1.82, 2.24) is 20.2 Å². The maximum Gasteiger partial charge on any atom is 0.308 e. The molecule has 1 aromatic heterocycles. The van der Waals surface area contributed by atoms with Crippen LogP contribution in [0.2, 0.25) is 0 Å². The number of tetrazole rings is 1. The van der Waals surface area contributed by atoms with Crippen molar-refractivity contribution >= 4 is 5.97 Å². The van der Waals surface area contributed by atoms with Gasteiger partial charge in [-0.05, 0) is 44.0 Å². The highest BCUT2D eigenvalue weighted by Gasteiger charge is 2.39. The quantitative estimate of drug-likeness (QED) is 0.861. The van der Waals surface area contributed by atoms with Crippen LogP contribution in [0.4, 0.5) is 0 Å². The summed E-state index contributed by atoms with van der Waals surface area (Å²) in [4.78, 5) is 11.0. The second-order valence-electron chi connectivity index (χ2n) is 5.00. The van der Waals surface area contributed by atoms with E-state index in [0.29, 0.717) is 12.4 Å². The number of aromatic nitrogens is 4. The molecule has 1 fully saturated rings. The van der Waals surface area contributed by atoms with Crippen molar-refractivity contribution in [3.8, 4) is 0 Å².